The van der Waals surface area contributed by atoms with Crippen LogP contribution in [0, 0.1) is 5.92 Å². The predicted octanol–water partition coefficient (Wildman–Crippen LogP) is 6.97. The van der Waals surface area contributed by atoms with E-state index in [1.54, 1.807) is 23.5 Å². The molecule has 7 heteroatoms. The summed E-state index contributed by atoms with van der Waals surface area (Å²) in [5.74, 6) is -0.147. The van der Waals surface area contributed by atoms with Crippen molar-refractivity contribution >= 4 is 38.9 Å². The number of anilines is 1. The van der Waals surface area contributed by atoms with Gasteiger partial charge in [0.1, 0.15) is 11.9 Å². The number of para-hydroxylation sites is 1. The van der Waals surface area contributed by atoms with Crippen molar-refractivity contribution in [3.8, 4) is 5.75 Å². The Morgan fingerprint density at radius 2 is 1.67 bits per heavy atom. The summed E-state index contributed by atoms with van der Waals surface area (Å²) in [7, 11) is 0. The minimum atomic E-state index is -0.677. The van der Waals surface area contributed by atoms with Crippen molar-refractivity contribution in [1.82, 2.24) is 5.32 Å². The molecular formula is C32H36N2O4S. The highest BCUT2D eigenvalue weighted by molar-refractivity contribution is 7.17. The van der Waals surface area contributed by atoms with E-state index >= 15 is 0 Å². The van der Waals surface area contributed by atoms with E-state index in [2.05, 4.69) is 30.5 Å². The van der Waals surface area contributed by atoms with E-state index in [0.717, 1.165) is 40.6 Å². The highest BCUT2D eigenvalue weighted by Gasteiger charge is 2.30. The number of Topliss-reactive ketones (excluding diaryl/α,β-unsaturated/α-hetero) is 1. The lowest BCUT2D eigenvalue weighted by molar-refractivity contribution is -0.153. The quantitative estimate of drug-likeness (QED) is 0.117. The van der Waals surface area contributed by atoms with Crippen LogP contribution in [0.4, 0.5) is 5.69 Å². The molecule has 0 bridgehead atoms. The maximum Gasteiger partial charge on any atom is 0.333 e. The van der Waals surface area contributed by atoms with Crippen LogP contribution in [-0.4, -0.2) is 36.1 Å². The first kappa shape index (κ1) is 28.3. The third kappa shape index (κ3) is 7.46. The number of esters is 1. The number of fused-ring (bicyclic) bond motifs is 1. The van der Waals surface area contributed by atoms with Crippen LogP contribution in [0.15, 0.2) is 84.2 Å². The maximum absolute atomic E-state index is 13.9. The van der Waals surface area contributed by atoms with E-state index in [0.29, 0.717) is 12.1 Å². The standard InChI is InChI=1S/C32H36N2O4S/c1-3-10-22(4-2)29(20-33-19-28(36)23-15-17-25(35)18-16-23)38-32(37)31(34-24-11-6-5-7-12-24)27-21-39-30-14-9-8-13-26(27)30/h5-9,11-18,21-22,29,31,33-35H,3-4,10,19-20H2,1-2H3. The molecule has 204 valence electrons. The molecule has 0 aliphatic heterocycles. The van der Waals surface area contributed by atoms with E-state index in [1.165, 1.54) is 12.1 Å². The van der Waals surface area contributed by atoms with E-state index in [-0.39, 0.29) is 36.1 Å². The lowest BCUT2D eigenvalue weighted by Crippen LogP contribution is -2.40. The van der Waals surface area contributed by atoms with Crippen LogP contribution in [0.2, 0.25) is 0 Å². The molecule has 39 heavy (non-hydrogen) atoms. The van der Waals surface area contributed by atoms with Gasteiger partial charge >= 0.3 is 5.97 Å². The van der Waals surface area contributed by atoms with Gasteiger partial charge in [-0.1, -0.05) is 56.7 Å². The molecule has 0 saturated heterocycles. The van der Waals surface area contributed by atoms with Crippen molar-refractivity contribution in [2.24, 2.45) is 5.92 Å². The fraction of sp³-hybridized carbons (Fsp3) is 0.312. The van der Waals surface area contributed by atoms with E-state index in [9.17, 15) is 14.7 Å². The van der Waals surface area contributed by atoms with Crippen molar-refractivity contribution in [2.45, 2.75) is 45.3 Å². The molecular weight excluding hydrogens is 508 g/mol. The van der Waals surface area contributed by atoms with E-state index < -0.39 is 6.04 Å². The van der Waals surface area contributed by atoms with Crippen molar-refractivity contribution < 1.29 is 19.4 Å². The highest BCUT2D eigenvalue weighted by atomic mass is 32.1. The van der Waals surface area contributed by atoms with Crippen molar-refractivity contribution in [1.29, 1.82) is 0 Å². The van der Waals surface area contributed by atoms with Gasteiger partial charge < -0.3 is 20.5 Å². The second-order valence-electron chi connectivity index (χ2n) is 9.66. The molecule has 4 aromatic rings. The first-order chi connectivity index (χ1) is 19.0. The number of thiophene rings is 1. The zero-order valence-electron chi connectivity index (χ0n) is 22.4. The molecule has 1 heterocycles. The molecule has 1 aromatic heterocycles. The van der Waals surface area contributed by atoms with E-state index in [4.69, 9.17) is 4.74 Å². The number of ether oxygens (including phenoxy) is 1. The average Bonchev–Trinajstić information content (AvgIpc) is 3.39. The molecule has 0 aliphatic carbocycles. The Morgan fingerprint density at radius 1 is 0.949 bits per heavy atom. The predicted molar refractivity (Wildman–Crippen MR) is 159 cm³/mol. The first-order valence-electron chi connectivity index (χ1n) is 13.5. The highest BCUT2D eigenvalue weighted by Crippen LogP contribution is 2.33. The number of phenols is 1. The van der Waals surface area contributed by atoms with Gasteiger partial charge in [-0.05, 0) is 72.0 Å². The number of aromatic hydroxyl groups is 1. The fourth-order valence-corrected chi connectivity index (χ4v) is 5.80. The number of ketones is 1. The third-order valence-corrected chi connectivity index (χ3v) is 7.92. The number of hydrogen-bond acceptors (Lipinski definition) is 7. The van der Waals surface area contributed by atoms with Crippen LogP contribution in [0.25, 0.3) is 10.1 Å². The van der Waals surface area contributed by atoms with Crippen LogP contribution in [-0.2, 0) is 9.53 Å². The summed E-state index contributed by atoms with van der Waals surface area (Å²) in [6.45, 7) is 4.72. The van der Waals surface area contributed by atoms with Crippen LogP contribution in [0.1, 0.15) is 55.1 Å². The largest absolute Gasteiger partial charge is 0.508 e. The number of carbonyl (C=O) groups excluding carboxylic acids is 2. The SMILES string of the molecule is CCCC(CC)C(CNCC(=O)c1ccc(O)cc1)OC(=O)C(Nc1ccccc1)c1csc2ccccc12. The third-order valence-electron chi connectivity index (χ3n) is 6.94. The molecule has 0 radical (unpaired) electrons. The van der Waals surface area contributed by atoms with Gasteiger partial charge in [0.05, 0.1) is 6.54 Å². The van der Waals surface area contributed by atoms with Crippen molar-refractivity contribution in [2.75, 3.05) is 18.4 Å². The van der Waals surface area contributed by atoms with E-state index in [1.807, 2.05) is 53.9 Å². The van der Waals surface area contributed by atoms with Gasteiger partial charge in [-0.3, -0.25) is 4.79 Å². The summed E-state index contributed by atoms with van der Waals surface area (Å²) in [6, 6.07) is 23.3. The zero-order valence-corrected chi connectivity index (χ0v) is 23.2. The molecule has 6 nitrogen and oxygen atoms in total. The van der Waals surface area contributed by atoms with Crippen LogP contribution in [0.5, 0.6) is 5.75 Å². The van der Waals surface area contributed by atoms with Gasteiger partial charge in [0.2, 0.25) is 0 Å². The number of benzene rings is 3. The molecule has 3 N–H and O–H groups in total. The fourth-order valence-electron chi connectivity index (χ4n) is 4.81. The van der Waals surface area contributed by atoms with Gasteiger partial charge in [0.15, 0.2) is 11.8 Å². The molecule has 3 atom stereocenters. The second kappa shape index (κ2) is 13.9. The van der Waals surface area contributed by atoms with Crippen LogP contribution < -0.4 is 10.6 Å². The van der Waals surface area contributed by atoms with Gasteiger partial charge in [0.25, 0.3) is 0 Å². The Bertz CT molecular complexity index is 1350. The molecule has 0 fully saturated rings. The van der Waals surface area contributed by atoms with Crippen LogP contribution in [0.3, 0.4) is 0 Å². The molecule has 3 unspecified atom stereocenters. The monoisotopic (exact) mass is 544 g/mol. The molecule has 0 amide bonds. The van der Waals surface area contributed by atoms with Gasteiger partial charge in [-0.15, -0.1) is 11.3 Å². The first-order valence-corrected chi connectivity index (χ1v) is 14.4. The summed E-state index contributed by atoms with van der Waals surface area (Å²) in [5, 5.41) is 19.2. The Hall–Kier alpha value is -3.68. The summed E-state index contributed by atoms with van der Waals surface area (Å²) in [6.07, 6.45) is 2.36. The Balaban J connectivity index is 1.53. The number of nitrogens with one attached hydrogen (secondary N) is 2. The van der Waals surface area contributed by atoms with Crippen molar-refractivity contribution in [3.63, 3.8) is 0 Å². The molecule has 0 spiro atoms. The lowest BCUT2D eigenvalue weighted by Gasteiger charge is -2.29. The van der Waals surface area contributed by atoms with Crippen molar-refractivity contribution in [3.05, 3.63) is 95.4 Å². The normalized spacial score (nSPS) is 13.5. The number of hydrogen-bond donors (Lipinski definition) is 3. The van der Waals surface area contributed by atoms with Gasteiger partial charge in [-0.2, -0.15) is 0 Å². The summed E-state index contributed by atoms with van der Waals surface area (Å²) < 4.78 is 7.38. The molecule has 0 aliphatic rings. The number of carbonyl (C=O) groups is 2. The van der Waals surface area contributed by atoms with Crippen LogP contribution >= 0.6 is 11.3 Å². The maximum atomic E-state index is 13.9. The zero-order chi connectivity index (χ0) is 27.6. The number of phenolic OH excluding ortho intramolecular Hbond substituents is 1. The lowest BCUT2D eigenvalue weighted by atomic mass is 9.93. The summed E-state index contributed by atoms with van der Waals surface area (Å²) in [5.41, 5.74) is 2.25. The molecule has 0 saturated carbocycles. The Kier molecular flexibility index (Phi) is 10.1. The van der Waals surface area contributed by atoms with Gasteiger partial charge in [-0.25, -0.2) is 4.79 Å². The average molecular weight is 545 g/mol. The minimum absolute atomic E-state index is 0.0861. The molecule has 4 rings (SSSR count). The summed E-state index contributed by atoms with van der Waals surface area (Å²) >= 11 is 1.61. The molecule has 3 aromatic carbocycles. The van der Waals surface area contributed by atoms with Gasteiger partial charge in [0, 0.05) is 28.1 Å². The Morgan fingerprint density at radius 3 is 2.38 bits per heavy atom. The smallest absolute Gasteiger partial charge is 0.333 e. The minimum Gasteiger partial charge on any atom is -0.508 e. The topological polar surface area (TPSA) is 87.7 Å². The number of rotatable bonds is 14. The Labute approximate surface area is 234 Å². The second-order valence-corrected chi connectivity index (χ2v) is 10.6. The summed E-state index contributed by atoms with van der Waals surface area (Å²) in [4.78, 5) is 26.5.